The molecule has 0 bridgehead atoms. The molecule has 5 heteroatoms. The number of ether oxygens (including phenoxy) is 2. The third-order valence-electron chi connectivity index (χ3n) is 2.62. The van der Waals surface area contributed by atoms with Crippen molar-refractivity contribution in [2.75, 3.05) is 39.4 Å². The van der Waals surface area contributed by atoms with Gasteiger partial charge in [0.2, 0.25) is 5.91 Å². The van der Waals surface area contributed by atoms with Crippen molar-refractivity contribution in [3.8, 4) is 6.07 Å². The number of rotatable bonds is 2. The van der Waals surface area contributed by atoms with Crippen molar-refractivity contribution in [2.45, 2.75) is 12.3 Å². The predicted octanol–water partition coefficient (Wildman–Crippen LogP) is -0.494. The molecule has 0 radical (unpaired) electrons. The Morgan fingerprint density at radius 1 is 1.43 bits per heavy atom. The van der Waals surface area contributed by atoms with Crippen molar-refractivity contribution in [1.82, 2.24) is 10.2 Å². The standard InChI is InChI=1S/C9H15N3O2/c10-2-1-4-12-5-3-11-8-9(12)13-6-7-14-9/h11H,1,3-8H2. The Kier molecular flexibility index (Phi) is 2.99. The Labute approximate surface area is 83.6 Å². The molecule has 0 saturated carbocycles. The van der Waals surface area contributed by atoms with Crippen LogP contribution in [0.15, 0.2) is 0 Å². The summed E-state index contributed by atoms with van der Waals surface area (Å²) in [7, 11) is 0. The van der Waals surface area contributed by atoms with E-state index in [9.17, 15) is 0 Å². The van der Waals surface area contributed by atoms with E-state index in [1.54, 1.807) is 0 Å². The highest BCUT2D eigenvalue weighted by Gasteiger charge is 2.44. The molecule has 5 nitrogen and oxygen atoms in total. The van der Waals surface area contributed by atoms with E-state index >= 15 is 0 Å². The number of nitriles is 1. The Hall–Kier alpha value is -0.670. The van der Waals surface area contributed by atoms with E-state index in [1.807, 2.05) is 0 Å². The lowest BCUT2D eigenvalue weighted by Gasteiger charge is -2.42. The summed E-state index contributed by atoms with van der Waals surface area (Å²) in [5.74, 6) is -0.588. The van der Waals surface area contributed by atoms with Crippen molar-refractivity contribution < 1.29 is 9.47 Å². The lowest BCUT2D eigenvalue weighted by atomic mass is 10.2. The van der Waals surface area contributed by atoms with Gasteiger partial charge >= 0.3 is 0 Å². The summed E-state index contributed by atoms with van der Waals surface area (Å²) < 4.78 is 11.2. The molecule has 2 heterocycles. The van der Waals surface area contributed by atoms with Crippen LogP contribution >= 0.6 is 0 Å². The summed E-state index contributed by atoms with van der Waals surface area (Å²) in [5.41, 5.74) is 0. The van der Waals surface area contributed by atoms with E-state index in [0.717, 1.165) is 19.6 Å². The summed E-state index contributed by atoms with van der Waals surface area (Å²) in [6.45, 7) is 4.51. The Balaban J connectivity index is 2.00. The van der Waals surface area contributed by atoms with E-state index < -0.39 is 5.91 Å². The quantitative estimate of drug-likeness (QED) is 0.647. The number of nitrogens with zero attached hydrogens (tertiary/aromatic N) is 2. The first-order valence-electron chi connectivity index (χ1n) is 4.98. The van der Waals surface area contributed by atoms with E-state index in [4.69, 9.17) is 14.7 Å². The van der Waals surface area contributed by atoms with Gasteiger partial charge < -0.3 is 14.8 Å². The zero-order valence-electron chi connectivity index (χ0n) is 8.16. The molecule has 0 aliphatic carbocycles. The number of piperazine rings is 1. The summed E-state index contributed by atoms with van der Waals surface area (Å²) in [5, 5.41) is 11.8. The Morgan fingerprint density at radius 2 is 2.21 bits per heavy atom. The van der Waals surface area contributed by atoms with Crippen LogP contribution in [0.25, 0.3) is 0 Å². The fourth-order valence-corrected chi connectivity index (χ4v) is 1.94. The minimum absolute atomic E-state index is 0.522. The molecule has 2 aliphatic heterocycles. The molecule has 1 spiro atoms. The summed E-state index contributed by atoms with van der Waals surface area (Å²) in [6.07, 6.45) is 0.522. The molecule has 78 valence electrons. The topological polar surface area (TPSA) is 57.5 Å². The van der Waals surface area contributed by atoms with Gasteiger partial charge in [-0.3, -0.25) is 0 Å². The molecule has 0 unspecified atom stereocenters. The van der Waals surface area contributed by atoms with Crippen LogP contribution in [0.1, 0.15) is 6.42 Å². The van der Waals surface area contributed by atoms with Gasteiger partial charge in [0.25, 0.3) is 0 Å². The van der Waals surface area contributed by atoms with Crippen LogP contribution in [0.4, 0.5) is 0 Å². The Morgan fingerprint density at radius 3 is 2.93 bits per heavy atom. The highest BCUT2D eigenvalue weighted by atomic mass is 16.8. The molecule has 2 rings (SSSR count). The van der Waals surface area contributed by atoms with E-state index in [2.05, 4.69) is 16.3 Å². The predicted molar refractivity (Wildman–Crippen MR) is 49.3 cm³/mol. The van der Waals surface area contributed by atoms with Gasteiger partial charge in [-0.25, -0.2) is 4.90 Å². The fourth-order valence-electron chi connectivity index (χ4n) is 1.94. The highest BCUT2D eigenvalue weighted by Crippen LogP contribution is 2.25. The third kappa shape index (κ3) is 1.74. The third-order valence-corrected chi connectivity index (χ3v) is 2.62. The first-order valence-corrected chi connectivity index (χ1v) is 4.98. The van der Waals surface area contributed by atoms with Crippen molar-refractivity contribution in [2.24, 2.45) is 0 Å². The van der Waals surface area contributed by atoms with Gasteiger partial charge in [0.15, 0.2) is 0 Å². The summed E-state index contributed by atoms with van der Waals surface area (Å²) >= 11 is 0. The van der Waals surface area contributed by atoms with Crippen LogP contribution in [-0.2, 0) is 9.47 Å². The number of nitrogens with one attached hydrogen (secondary N) is 1. The first kappa shape index (κ1) is 9.87. The SMILES string of the molecule is N#CCCN1CCNCC12OCCO2. The maximum absolute atomic E-state index is 8.55. The molecular formula is C9H15N3O2. The van der Waals surface area contributed by atoms with Gasteiger partial charge in [-0.2, -0.15) is 5.26 Å². The van der Waals surface area contributed by atoms with Crippen LogP contribution < -0.4 is 5.32 Å². The molecule has 1 N–H and O–H groups in total. The molecule has 2 fully saturated rings. The van der Waals surface area contributed by atoms with E-state index in [-0.39, 0.29) is 0 Å². The largest absolute Gasteiger partial charge is 0.334 e. The smallest absolute Gasteiger partial charge is 0.243 e. The Bertz CT molecular complexity index is 233. The van der Waals surface area contributed by atoms with Gasteiger partial charge in [0, 0.05) is 26.1 Å². The van der Waals surface area contributed by atoms with E-state index in [1.165, 1.54) is 0 Å². The highest BCUT2D eigenvalue weighted by molar-refractivity contribution is 4.85. The average molecular weight is 197 g/mol. The second-order valence-corrected chi connectivity index (χ2v) is 3.48. The molecule has 14 heavy (non-hydrogen) atoms. The molecule has 0 aromatic heterocycles. The lowest BCUT2D eigenvalue weighted by molar-refractivity contribution is -0.263. The van der Waals surface area contributed by atoms with Crippen molar-refractivity contribution in [3.63, 3.8) is 0 Å². The van der Waals surface area contributed by atoms with Crippen molar-refractivity contribution >= 4 is 0 Å². The van der Waals surface area contributed by atoms with Gasteiger partial charge in [-0.05, 0) is 0 Å². The van der Waals surface area contributed by atoms with Gasteiger partial charge in [0.05, 0.1) is 25.8 Å². The van der Waals surface area contributed by atoms with E-state index in [0.29, 0.717) is 26.2 Å². The summed E-state index contributed by atoms with van der Waals surface area (Å²) in [4.78, 5) is 2.11. The lowest BCUT2D eigenvalue weighted by Crippen LogP contribution is -2.62. The second kappa shape index (κ2) is 4.24. The maximum Gasteiger partial charge on any atom is 0.243 e. The second-order valence-electron chi connectivity index (χ2n) is 3.48. The molecular weight excluding hydrogens is 182 g/mol. The van der Waals surface area contributed by atoms with Crippen molar-refractivity contribution in [3.05, 3.63) is 0 Å². The average Bonchev–Trinajstić information content (AvgIpc) is 2.66. The van der Waals surface area contributed by atoms with Crippen LogP contribution in [0, 0.1) is 11.3 Å². The zero-order chi connectivity index (χ0) is 9.86. The van der Waals surface area contributed by atoms with Gasteiger partial charge in [-0.15, -0.1) is 0 Å². The normalized spacial score (nSPS) is 26.5. The molecule has 0 aromatic carbocycles. The summed E-state index contributed by atoms with van der Waals surface area (Å²) in [6, 6.07) is 2.15. The van der Waals surface area contributed by atoms with Crippen LogP contribution in [0.5, 0.6) is 0 Å². The minimum Gasteiger partial charge on any atom is -0.334 e. The maximum atomic E-state index is 8.55. The zero-order valence-corrected chi connectivity index (χ0v) is 8.16. The molecule has 0 aromatic rings. The number of hydrogen-bond donors (Lipinski definition) is 1. The van der Waals surface area contributed by atoms with Crippen LogP contribution in [0.3, 0.4) is 0 Å². The van der Waals surface area contributed by atoms with Crippen LogP contribution in [0.2, 0.25) is 0 Å². The fraction of sp³-hybridized carbons (Fsp3) is 0.889. The monoisotopic (exact) mass is 197 g/mol. The first-order chi connectivity index (χ1) is 6.87. The molecule has 2 saturated heterocycles. The van der Waals surface area contributed by atoms with Gasteiger partial charge in [0.1, 0.15) is 0 Å². The van der Waals surface area contributed by atoms with Crippen LogP contribution in [-0.4, -0.2) is 50.2 Å². The molecule has 0 atom stereocenters. The van der Waals surface area contributed by atoms with Gasteiger partial charge in [-0.1, -0.05) is 0 Å². The number of hydrogen-bond acceptors (Lipinski definition) is 5. The minimum atomic E-state index is -0.588. The molecule has 2 aliphatic rings. The molecule has 0 amide bonds. The van der Waals surface area contributed by atoms with Crippen molar-refractivity contribution in [1.29, 1.82) is 5.26 Å².